The number of hydrogen-bond acceptors (Lipinski definition) is 3. The fourth-order valence-corrected chi connectivity index (χ4v) is 10.3. The lowest BCUT2D eigenvalue weighted by atomic mass is 9.85. The standard InChI is InChI=1S/C70H64N2O/c1-4-6-7-8-9-25-47-73-62-44-46-64-66(51-62)69(54-27-15-10-16-28-54)63-45-37-52(3)48-65(63)70(64)55-41-38-53(39-42-55)40-43-57-50-67(71(58-29-17-11-18-30-58)59-31-19-12-20-32-59)56(26-5-2)49-68(57)72(60-33-21-13-22-34-60)61-35-23-14-24-36-61/h5,10-24,26-46,48-51H,4,6-9,25,47H2,1-3H3/b26-5+,43-40+. The molecule has 73 heavy (non-hydrogen) atoms. The van der Waals surface area contributed by atoms with Crippen molar-refractivity contribution in [2.75, 3.05) is 16.4 Å². The monoisotopic (exact) mass is 949 g/mol. The second-order valence-electron chi connectivity index (χ2n) is 18.9. The summed E-state index contributed by atoms with van der Waals surface area (Å²) in [6.45, 7) is 7.29. The third-order valence-corrected chi connectivity index (χ3v) is 13.8. The van der Waals surface area contributed by atoms with Crippen LogP contribution >= 0.6 is 0 Å². The highest BCUT2D eigenvalue weighted by Crippen LogP contribution is 2.47. The Labute approximate surface area is 433 Å². The molecule has 360 valence electrons. The van der Waals surface area contributed by atoms with Gasteiger partial charge in [0.2, 0.25) is 0 Å². The maximum Gasteiger partial charge on any atom is 0.119 e. The van der Waals surface area contributed by atoms with E-state index in [-0.39, 0.29) is 0 Å². The molecule has 0 radical (unpaired) electrons. The normalized spacial score (nSPS) is 11.5. The zero-order chi connectivity index (χ0) is 49.8. The summed E-state index contributed by atoms with van der Waals surface area (Å²) in [7, 11) is 0. The van der Waals surface area contributed by atoms with Crippen molar-refractivity contribution in [3.05, 3.63) is 253 Å². The van der Waals surface area contributed by atoms with Crippen LogP contribution in [0.4, 0.5) is 34.1 Å². The topological polar surface area (TPSA) is 15.7 Å². The van der Waals surface area contributed by atoms with Gasteiger partial charge in [-0.15, -0.1) is 0 Å². The molecule has 0 bridgehead atoms. The number of anilines is 6. The second kappa shape index (κ2) is 23.2. The Kier molecular flexibility index (Phi) is 15.3. The largest absolute Gasteiger partial charge is 0.494 e. The predicted octanol–water partition coefficient (Wildman–Crippen LogP) is 20.5. The predicted molar refractivity (Wildman–Crippen MR) is 315 cm³/mol. The quantitative estimate of drug-likeness (QED) is 0.0456. The average Bonchev–Trinajstić information content (AvgIpc) is 3.44. The molecular weight excluding hydrogens is 885 g/mol. The van der Waals surface area contributed by atoms with Crippen LogP contribution in [-0.2, 0) is 0 Å². The third kappa shape index (κ3) is 10.9. The molecule has 0 aliphatic carbocycles. The zero-order valence-electron chi connectivity index (χ0n) is 42.4. The van der Waals surface area contributed by atoms with Gasteiger partial charge in [0.15, 0.2) is 0 Å². The van der Waals surface area contributed by atoms with Gasteiger partial charge in [-0.25, -0.2) is 0 Å². The number of unbranched alkanes of at least 4 members (excludes halogenated alkanes) is 5. The van der Waals surface area contributed by atoms with E-state index in [2.05, 4.69) is 279 Å². The van der Waals surface area contributed by atoms with Gasteiger partial charge in [0.1, 0.15) is 5.75 Å². The van der Waals surface area contributed by atoms with Gasteiger partial charge in [0, 0.05) is 33.9 Å². The fourth-order valence-electron chi connectivity index (χ4n) is 10.3. The molecule has 0 aromatic heterocycles. The number of ether oxygens (including phenoxy) is 1. The molecule has 0 aliphatic heterocycles. The van der Waals surface area contributed by atoms with E-state index < -0.39 is 0 Å². The first-order valence-electron chi connectivity index (χ1n) is 26.2. The Bertz CT molecular complexity index is 3380. The molecule has 0 aliphatic rings. The number of para-hydroxylation sites is 4. The van der Waals surface area contributed by atoms with E-state index in [1.807, 2.05) is 0 Å². The lowest BCUT2D eigenvalue weighted by molar-refractivity contribution is 0.305. The first-order chi connectivity index (χ1) is 36.1. The first-order valence-corrected chi connectivity index (χ1v) is 26.2. The molecule has 0 saturated carbocycles. The van der Waals surface area contributed by atoms with E-state index in [0.29, 0.717) is 0 Å². The summed E-state index contributed by atoms with van der Waals surface area (Å²) >= 11 is 0. The molecule has 10 rings (SSSR count). The minimum Gasteiger partial charge on any atom is -0.494 e. The van der Waals surface area contributed by atoms with Crippen LogP contribution in [0.1, 0.15) is 74.6 Å². The maximum atomic E-state index is 6.51. The summed E-state index contributed by atoms with van der Waals surface area (Å²) in [4.78, 5) is 4.74. The van der Waals surface area contributed by atoms with Crippen molar-refractivity contribution in [2.45, 2.75) is 59.3 Å². The maximum absolute atomic E-state index is 6.51. The van der Waals surface area contributed by atoms with Gasteiger partial charge in [-0.05, 0) is 142 Å². The summed E-state index contributed by atoms with van der Waals surface area (Å²) in [5.41, 5.74) is 15.9. The second-order valence-corrected chi connectivity index (χ2v) is 18.9. The van der Waals surface area contributed by atoms with Crippen molar-refractivity contribution in [1.82, 2.24) is 0 Å². The van der Waals surface area contributed by atoms with Gasteiger partial charge in [0.05, 0.1) is 18.0 Å². The van der Waals surface area contributed by atoms with Crippen molar-refractivity contribution < 1.29 is 4.74 Å². The SMILES string of the molecule is C/C=C/c1cc(N(c2ccccc2)c2ccccc2)c(/C=C/c2ccc(-c3c4ccc(OCCCCCCCC)cc4c(-c4ccccc4)c4ccc(C)cc34)cc2)cc1N(c1ccccc1)c1ccccc1. The summed E-state index contributed by atoms with van der Waals surface area (Å²) < 4.78 is 6.51. The Morgan fingerprint density at radius 3 is 1.37 bits per heavy atom. The van der Waals surface area contributed by atoms with Crippen LogP contribution in [0.5, 0.6) is 5.75 Å². The number of hydrogen-bond donors (Lipinski definition) is 0. The van der Waals surface area contributed by atoms with Crippen molar-refractivity contribution in [1.29, 1.82) is 0 Å². The van der Waals surface area contributed by atoms with E-state index in [4.69, 9.17) is 4.74 Å². The van der Waals surface area contributed by atoms with Crippen LogP contribution in [0.15, 0.2) is 231 Å². The highest BCUT2D eigenvalue weighted by atomic mass is 16.5. The van der Waals surface area contributed by atoms with Crippen molar-refractivity contribution >= 4 is 73.9 Å². The zero-order valence-corrected chi connectivity index (χ0v) is 42.4. The Morgan fingerprint density at radius 2 is 0.849 bits per heavy atom. The molecule has 10 aromatic rings. The molecule has 0 saturated heterocycles. The molecule has 0 N–H and O–H groups in total. The minimum atomic E-state index is 0.727. The van der Waals surface area contributed by atoms with Gasteiger partial charge in [-0.3, -0.25) is 0 Å². The molecule has 0 fully saturated rings. The molecule has 0 unspecified atom stereocenters. The van der Waals surface area contributed by atoms with Crippen molar-refractivity contribution in [2.24, 2.45) is 0 Å². The van der Waals surface area contributed by atoms with E-state index in [9.17, 15) is 0 Å². The van der Waals surface area contributed by atoms with Gasteiger partial charge < -0.3 is 14.5 Å². The van der Waals surface area contributed by atoms with Gasteiger partial charge >= 0.3 is 0 Å². The Balaban J connectivity index is 1.10. The number of fused-ring (bicyclic) bond motifs is 2. The third-order valence-electron chi connectivity index (χ3n) is 13.8. The van der Waals surface area contributed by atoms with Crippen LogP contribution in [0.3, 0.4) is 0 Å². The summed E-state index contributed by atoms with van der Waals surface area (Å²) in [5, 5.41) is 4.90. The van der Waals surface area contributed by atoms with E-state index in [0.717, 1.165) is 69.6 Å². The number of aryl methyl sites for hydroxylation is 1. The average molecular weight is 949 g/mol. The first kappa shape index (κ1) is 48.2. The van der Waals surface area contributed by atoms with Crippen molar-refractivity contribution in [3.63, 3.8) is 0 Å². The summed E-state index contributed by atoms with van der Waals surface area (Å²) in [6, 6.07) is 81.1. The van der Waals surface area contributed by atoms with Crippen LogP contribution in [0.2, 0.25) is 0 Å². The van der Waals surface area contributed by atoms with Gasteiger partial charge in [-0.2, -0.15) is 0 Å². The molecule has 0 spiro atoms. The smallest absolute Gasteiger partial charge is 0.119 e. The minimum absolute atomic E-state index is 0.727. The Hall–Kier alpha value is -8.40. The molecule has 0 heterocycles. The van der Waals surface area contributed by atoms with Crippen LogP contribution < -0.4 is 14.5 Å². The highest BCUT2D eigenvalue weighted by Gasteiger charge is 2.22. The number of allylic oxidation sites excluding steroid dienone is 1. The molecule has 10 aromatic carbocycles. The summed E-state index contributed by atoms with van der Waals surface area (Å²) in [6.07, 6.45) is 16.3. The molecular formula is C70H64N2O. The van der Waals surface area contributed by atoms with Crippen LogP contribution in [0.25, 0.3) is 62.0 Å². The lowest BCUT2D eigenvalue weighted by Gasteiger charge is -2.31. The number of nitrogens with zero attached hydrogens (tertiary/aromatic N) is 2. The summed E-state index contributed by atoms with van der Waals surface area (Å²) in [5.74, 6) is 0.922. The molecule has 0 atom stereocenters. The molecule has 0 amide bonds. The fraction of sp³-hybridized carbons (Fsp3) is 0.143. The van der Waals surface area contributed by atoms with Gasteiger partial charge in [0.25, 0.3) is 0 Å². The van der Waals surface area contributed by atoms with Crippen LogP contribution in [0, 0.1) is 6.92 Å². The highest BCUT2D eigenvalue weighted by molar-refractivity contribution is 6.21. The van der Waals surface area contributed by atoms with Gasteiger partial charge in [-0.1, -0.05) is 221 Å². The van der Waals surface area contributed by atoms with E-state index in [1.54, 1.807) is 0 Å². The van der Waals surface area contributed by atoms with E-state index >= 15 is 0 Å². The molecule has 3 heteroatoms. The van der Waals surface area contributed by atoms with Crippen molar-refractivity contribution in [3.8, 4) is 28.0 Å². The Morgan fingerprint density at radius 1 is 0.397 bits per heavy atom. The van der Waals surface area contributed by atoms with Crippen LogP contribution in [-0.4, -0.2) is 6.61 Å². The number of benzene rings is 10. The van der Waals surface area contributed by atoms with E-state index in [1.165, 1.54) is 81.5 Å². The molecule has 3 nitrogen and oxygen atoms in total. The lowest BCUT2D eigenvalue weighted by Crippen LogP contribution is -2.15. The number of rotatable bonds is 19.